The summed E-state index contributed by atoms with van der Waals surface area (Å²) in [4.78, 5) is 26.4. The zero-order valence-corrected chi connectivity index (χ0v) is 13.6. The molecule has 0 aromatic carbocycles. The molecule has 0 spiro atoms. The number of ether oxygens (including phenoxy) is 2. The fourth-order valence-corrected chi connectivity index (χ4v) is 3.42. The molecule has 116 valence electrons. The smallest absolute Gasteiger partial charge is 0.434 e. The van der Waals surface area contributed by atoms with Crippen LogP contribution in [0.15, 0.2) is 29.4 Å². The van der Waals surface area contributed by atoms with Gasteiger partial charge in [-0.3, -0.25) is 4.79 Å². The maximum absolute atomic E-state index is 11.3. The van der Waals surface area contributed by atoms with Crippen LogP contribution in [0.3, 0.4) is 0 Å². The molecule has 1 aromatic rings. The Balaban J connectivity index is 1.95. The minimum atomic E-state index is -0.912. The van der Waals surface area contributed by atoms with E-state index in [1.165, 1.54) is 0 Å². The summed E-state index contributed by atoms with van der Waals surface area (Å²) < 4.78 is 8.98. The van der Waals surface area contributed by atoms with Crippen molar-refractivity contribution < 1.29 is 19.1 Å². The predicted octanol–water partition coefficient (Wildman–Crippen LogP) is 4.08. The Morgan fingerprint density at radius 3 is 2.81 bits per heavy atom. The van der Waals surface area contributed by atoms with Gasteiger partial charge in [0.1, 0.15) is 5.03 Å². The molecule has 5 nitrogen and oxygen atoms in total. The molecular weight excluding hydrogens is 310 g/mol. The quantitative estimate of drug-likeness (QED) is 0.293. The Hall–Kier alpha value is -1.21. The number of pyridine rings is 1. The molecule has 1 heterocycles. The number of hydrogen-bond donors (Lipinski definition) is 0. The van der Waals surface area contributed by atoms with Crippen molar-refractivity contribution in [2.75, 3.05) is 12.4 Å². The largest absolute Gasteiger partial charge is 0.516 e. The minimum Gasteiger partial charge on any atom is -0.434 e. The van der Waals surface area contributed by atoms with E-state index in [0.29, 0.717) is 6.42 Å². The van der Waals surface area contributed by atoms with Crippen molar-refractivity contribution in [3.05, 3.63) is 24.4 Å². The highest BCUT2D eigenvalue weighted by Crippen LogP contribution is 2.29. The van der Waals surface area contributed by atoms with Crippen molar-refractivity contribution >= 4 is 33.7 Å². The van der Waals surface area contributed by atoms with Crippen LogP contribution in [0, 0.1) is 0 Å². The van der Waals surface area contributed by atoms with Gasteiger partial charge in [0.15, 0.2) is 0 Å². The second-order valence-corrected chi connectivity index (χ2v) is 6.48. The van der Waals surface area contributed by atoms with Gasteiger partial charge in [0, 0.05) is 18.4 Å². The average molecular weight is 329 g/mol. The second-order valence-electron chi connectivity index (χ2n) is 4.04. The lowest BCUT2D eigenvalue weighted by molar-refractivity contribution is -0.139. The van der Waals surface area contributed by atoms with E-state index in [4.69, 9.17) is 0 Å². The maximum atomic E-state index is 11.3. The van der Waals surface area contributed by atoms with Gasteiger partial charge in [-0.05, 0) is 42.7 Å². The van der Waals surface area contributed by atoms with Crippen molar-refractivity contribution in [1.82, 2.24) is 4.98 Å². The van der Waals surface area contributed by atoms with Crippen LogP contribution in [0.5, 0.6) is 0 Å². The van der Waals surface area contributed by atoms with E-state index in [2.05, 4.69) is 14.5 Å². The normalized spacial score (nSPS) is 10.1. The van der Waals surface area contributed by atoms with Crippen molar-refractivity contribution in [1.29, 1.82) is 0 Å². The Morgan fingerprint density at radius 1 is 1.24 bits per heavy atom. The van der Waals surface area contributed by atoms with Crippen molar-refractivity contribution in [3.8, 4) is 0 Å². The monoisotopic (exact) mass is 329 g/mol. The first-order valence-electron chi connectivity index (χ1n) is 6.80. The average Bonchev–Trinajstić information content (AvgIpc) is 2.47. The maximum Gasteiger partial charge on any atom is 0.516 e. The molecule has 0 saturated heterocycles. The van der Waals surface area contributed by atoms with Crippen LogP contribution in [0.25, 0.3) is 0 Å². The Morgan fingerprint density at radius 2 is 2.10 bits per heavy atom. The zero-order chi connectivity index (χ0) is 15.3. The molecule has 7 heteroatoms. The topological polar surface area (TPSA) is 65.5 Å². The van der Waals surface area contributed by atoms with Gasteiger partial charge in [-0.1, -0.05) is 23.3 Å². The molecule has 0 amide bonds. The Kier molecular flexibility index (Phi) is 9.73. The van der Waals surface area contributed by atoms with E-state index in [-0.39, 0.29) is 13.0 Å². The molecule has 1 rings (SSSR count). The first-order chi connectivity index (χ1) is 10.2. The lowest BCUT2D eigenvalue weighted by Crippen LogP contribution is -2.13. The van der Waals surface area contributed by atoms with Gasteiger partial charge in [-0.15, -0.1) is 0 Å². The van der Waals surface area contributed by atoms with Crippen LogP contribution in [-0.4, -0.2) is 29.5 Å². The number of aromatic nitrogens is 1. The van der Waals surface area contributed by atoms with Gasteiger partial charge < -0.3 is 9.47 Å². The van der Waals surface area contributed by atoms with Gasteiger partial charge >= 0.3 is 12.1 Å². The molecule has 0 aliphatic rings. The van der Waals surface area contributed by atoms with E-state index in [9.17, 15) is 9.59 Å². The first-order valence-corrected chi connectivity index (χ1v) is 9.12. The lowest BCUT2D eigenvalue weighted by atomic mass is 10.2. The highest BCUT2D eigenvalue weighted by molar-refractivity contribution is 8.76. The summed E-state index contributed by atoms with van der Waals surface area (Å²) in [6.45, 7) is 1.86. The second kappa shape index (κ2) is 11.4. The molecule has 0 bridgehead atoms. The van der Waals surface area contributed by atoms with Crippen LogP contribution >= 0.6 is 21.6 Å². The van der Waals surface area contributed by atoms with Gasteiger partial charge in [-0.25, -0.2) is 9.78 Å². The third-order valence-corrected chi connectivity index (χ3v) is 4.70. The molecule has 0 aliphatic carbocycles. The summed E-state index contributed by atoms with van der Waals surface area (Å²) in [5.41, 5.74) is 0. The van der Waals surface area contributed by atoms with E-state index in [0.717, 1.165) is 23.6 Å². The van der Waals surface area contributed by atoms with Crippen LogP contribution in [0.1, 0.15) is 32.6 Å². The summed E-state index contributed by atoms with van der Waals surface area (Å²) in [6.07, 6.45) is 3.76. The molecule has 0 saturated carbocycles. The Bertz CT molecular complexity index is 428. The number of unbranched alkanes of at least 4 members (excludes halogenated alkanes) is 2. The van der Waals surface area contributed by atoms with E-state index in [1.54, 1.807) is 34.7 Å². The van der Waals surface area contributed by atoms with Crippen LogP contribution in [0.2, 0.25) is 0 Å². The molecular formula is C14H19NO4S2. The molecule has 0 fully saturated rings. The number of esters is 1. The molecule has 0 N–H and O–H groups in total. The lowest BCUT2D eigenvalue weighted by Gasteiger charge is -2.03. The van der Waals surface area contributed by atoms with Crippen LogP contribution < -0.4 is 0 Å². The fourth-order valence-electron chi connectivity index (χ4n) is 1.40. The van der Waals surface area contributed by atoms with Gasteiger partial charge in [0.05, 0.1) is 6.61 Å². The zero-order valence-electron chi connectivity index (χ0n) is 11.9. The summed E-state index contributed by atoms with van der Waals surface area (Å²) in [5, 5.41) is 1.00. The highest BCUT2D eigenvalue weighted by atomic mass is 33.1. The van der Waals surface area contributed by atoms with Crippen LogP contribution in [-0.2, 0) is 14.3 Å². The molecule has 0 unspecified atom stereocenters. The number of nitrogens with zero attached hydrogens (tertiary/aromatic N) is 1. The molecule has 0 atom stereocenters. The van der Waals surface area contributed by atoms with Gasteiger partial charge in [0.2, 0.25) is 0 Å². The van der Waals surface area contributed by atoms with E-state index >= 15 is 0 Å². The van der Waals surface area contributed by atoms with Crippen molar-refractivity contribution in [2.24, 2.45) is 0 Å². The third kappa shape index (κ3) is 9.36. The molecule has 0 radical (unpaired) electrons. The van der Waals surface area contributed by atoms with E-state index < -0.39 is 12.1 Å². The summed E-state index contributed by atoms with van der Waals surface area (Å²) in [5.74, 6) is 0.470. The number of carbonyl (C=O) groups excluding carboxylic acids is 2. The highest BCUT2D eigenvalue weighted by Gasteiger charge is 2.10. The van der Waals surface area contributed by atoms with Crippen molar-refractivity contribution in [3.63, 3.8) is 0 Å². The fraction of sp³-hybridized carbons (Fsp3) is 0.500. The number of rotatable bonds is 9. The summed E-state index contributed by atoms with van der Waals surface area (Å²) in [7, 11) is 3.40. The standard InChI is InChI=1S/C14H19NO4S2/c1-2-18-14(17)19-13(16)9-4-3-7-11-20-21-12-8-5-6-10-15-12/h5-6,8,10H,2-4,7,9,11H2,1H3. The van der Waals surface area contributed by atoms with Gasteiger partial charge in [0.25, 0.3) is 0 Å². The summed E-state index contributed by atoms with van der Waals surface area (Å²) in [6, 6.07) is 5.83. The van der Waals surface area contributed by atoms with Crippen molar-refractivity contribution in [2.45, 2.75) is 37.6 Å². The van der Waals surface area contributed by atoms with E-state index in [1.807, 2.05) is 18.2 Å². The summed E-state index contributed by atoms with van der Waals surface area (Å²) >= 11 is 0. The third-order valence-electron chi connectivity index (χ3n) is 2.35. The first kappa shape index (κ1) is 17.8. The molecule has 1 aromatic heterocycles. The molecule has 0 aliphatic heterocycles. The Labute approximate surface area is 132 Å². The minimum absolute atomic E-state index is 0.206. The van der Waals surface area contributed by atoms with Gasteiger partial charge in [-0.2, -0.15) is 0 Å². The van der Waals surface area contributed by atoms with Crippen LogP contribution in [0.4, 0.5) is 4.79 Å². The number of carbonyl (C=O) groups is 2. The molecule has 21 heavy (non-hydrogen) atoms. The SMILES string of the molecule is CCOC(=O)OC(=O)CCCCCSSc1ccccn1. The number of hydrogen-bond acceptors (Lipinski definition) is 7. The predicted molar refractivity (Wildman–Crippen MR) is 84.1 cm³/mol.